The lowest BCUT2D eigenvalue weighted by Gasteiger charge is -1.89. The van der Waals surface area contributed by atoms with Crippen LogP contribution in [0, 0.1) is 0 Å². The molecule has 0 aromatic heterocycles. The van der Waals surface area contributed by atoms with Crippen molar-refractivity contribution in [2.45, 2.75) is 0 Å². The molecular weight excluding hydrogens is 146 g/mol. The topological polar surface area (TPSA) is 98.3 Å². The predicted octanol–water partition coefficient (Wildman–Crippen LogP) is -0.575. The number of rotatable bonds is 1. The summed E-state index contributed by atoms with van der Waals surface area (Å²) in [6.07, 6.45) is 0. The molecule has 0 radical (unpaired) electrons. The predicted molar refractivity (Wildman–Crippen MR) is 22.6 cm³/mol. The minimum atomic E-state index is -4.38. The minimum Gasteiger partial charge on any atom is -0.412 e. The molecule has 7 heavy (non-hydrogen) atoms. The largest absolute Gasteiger partial charge is 0.486 e. The Bertz CT molecular complexity index is 72.1. The molecule has 0 bridgehead atoms. The molecule has 0 aromatic rings. The van der Waals surface area contributed by atoms with Crippen molar-refractivity contribution in [2.75, 3.05) is 0 Å². The fraction of sp³-hybridized carbons (Fsp3) is 0. The van der Waals surface area contributed by atoms with Crippen molar-refractivity contribution in [3.8, 4) is 0 Å². The highest BCUT2D eigenvalue weighted by molar-refractivity contribution is 7.47. The van der Waals surface area contributed by atoms with E-state index in [2.05, 4.69) is 15.9 Å². The molecule has 0 aliphatic carbocycles. The Morgan fingerprint density at radius 2 is 1.71 bits per heavy atom. The third-order valence-corrected chi connectivity index (χ3v) is 0.809. The van der Waals surface area contributed by atoms with E-state index in [0.29, 0.717) is 0 Å². The maximum atomic E-state index is 9.34. The molecule has 0 unspecified atom stereocenters. The van der Waals surface area contributed by atoms with Gasteiger partial charge in [0.15, 0.2) is 0 Å². The van der Waals surface area contributed by atoms with Crippen LogP contribution in [0.15, 0.2) is 0 Å². The van der Waals surface area contributed by atoms with E-state index < -0.39 is 7.82 Å². The molecule has 0 fully saturated rings. The van der Waals surface area contributed by atoms with Crippen molar-refractivity contribution in [1.82, 2.24) is 0 Å². The molecule has 0 aliphatic rings. The van der Waals surface area contributed by atoms with Crippen LogP contribution in [0.5, 0.6) is 0 Å². The number of halogens is 1. The Labute approximate surface area is 44.6 Å². The first-order chi connectivity index (χ1) is 2.56. The number of hydrogen-bond acceptors (Lipinski definition) is 2. The Balaban J connectivity index is 0. The lowest BCUT2D eigenvalue weighted by molar-refractivity contribution is 0.292. The van der Waals surface area contributed by atoms with Gasteiger partial charge < -0.3 is 15.3 Å². The summed E-state index contributed by atoms with van der Waals surface area (Å²) < 4.78 is 12.4. The van der Waals surface area contributed by atoms with Crippen LogP contribution in [0.1, 0.15) is 0 Å². The molecule has 0 aliphatic heterocycles. The normalized spacial score (nSPS) is 10.1. The van der Waals surface area contributed by atoms with Gasteiger partial charge in [0, 0.05) is 0 Å². The first-order valence-corrected chi connectivity index (χ1v) is 2.76. The molecule has 0 amide bonds. The highest BCUT2D eigenvalue weighted by Gasteiger charge is 2.10. The molecule has 0 rings (SSSR count). The average Bonchev–Trinajstić information content (AvgIpc) is 1.35. The van der Waals surface area contributed by atoms with Crippen LogP contribution >= 0.6 is 19.7 Å². The van der Waals surface area contributed by atoms with Crippen LogP contribution in [0.25, 0.3) is 0 Å². The van der Waals surface area contributed by atoms with Crippen molar-refractivity contribution in [2.24, 2.45) is 0 Å². The molecule has 0 aromatic carbocycles. The van der Waals surface area contributed by atoms with Gasteiger partial charge in [0.05, 0.1) is 11.9 Å². The Morgan fingerprint density at radius 1 is 1.57 bits per heavy atom. The van der Waals surface area contributed by atoms with Gasteiger partial charge in [-0.15, -0.1) is 0 Å². The van der Waals surface area contributed by atoms with Crippen molar-refractivity contribution in [3.05, 3.63) is 0 Å². The fourth-order valence-electron chi connectivity index (χ4n) is 0. The quantitative estimate of drug-likeness (QED) is 0.489. The van der Waals surface area contributed by atoms with Gasteiger partial charge in [-0.05, 0) is 0 Å². The van der Waals surface area contributed by atoms with Gasteiger partial charge in [0.2, 0.25) is 0 Å². The summed E-state index contributed by atoms with van der Waals surface area (Å²) in [5.41, 5.74) is 0. The molecule has 0 spiro atoms. The van der Waals surface area contributed by atoms with E-state index >= 15 is 0 Å². The van der Waals surface area contributed by atoms with Crippen LogP contribution in [0.2, 0.25) is 0 Å². The Hall–Kier alpha value is 0.360. The fourth-order valence-corrected chi connectivity index (χ4v) is 0. The summed E-state index contributed by atoms with van der Waals surface area (Å²) >= 11 is 4.21. The average molecular weight is 150 g/mol. The van der Waals surface area contributed by atoms with E-state index in [1.165, 1.54) is 0 Å². The van der Waals surface area contributed by atoms with Crippen molar-refractivity contribution in [3.63, 3.8) is 0 Å². The van der Waals surface area contributed by atoms with E-state index in [4.69, 9.17) is 9.79 Å². The zero-order chi connectivity index (χ0) is 5.21. The minimum absolute atomic E-state index is 0. The lowest BCUT2D eigenvalue weighted by atomic mass is 15.8. The van der Waals surface area contributed by atoms with Crippen LogP contribution in [-0.2, 0) is 8.64 Å². The van der Waals surface area contributed by atoms with Crippen molar-refractivity contribution < 1.29 is 23.9 Å². The lowest BCUT2D eigenvalue weighted by Crippen LogP contribution is -1.70. The highest BCUT2D eigenvalue weighted by Crippen LogP contribution is 2.36. The van der Waals surface area contributed by atoms with Crippen LogP contribution in [-0.4, -0.2) is 15.3 Å². The molecular formula is H4ClO5P. The zero-order valence-corrected chi connectivity index (χ0v) is 4.69. The molecule has 5 nitrogen and oxygen atoms in total. The summed E-state index contributed by atoms with van der Waals surface area (Å²) in [5, 5.41) is 0. The Kier molecular flexibility index (Phi) is 4.99. The van der Waals surface area contributed by atoms with Crippen LogP contribution in [0.4, 0.5) is 0 Å². The first kappa shape index (κ1) is 10.4. The van der Waals surface area contributed by atoms with Crippen LogP contribution in [0.3, 0.4) is 0 Å². The number of hydrogen-bond donors (Lipinski definition) is 2. The van der Waals surface area contributed by atoms with E-state index in [1.807, 2.05) is 0 Å². The molecule has 0 saturated heterocycles. The van der Waals surface area contributed by atoms with Crippen molar-refractivity contribution in [1.29, 1.82) is 0 Å². The second-order valence-electron chi connectivity index (χ2n) is 0.560. The Morgan fingerprint density at radius 3 is 1.71 bits per heavy atom. The summed E-state index contributed by atoms with van der Waals surface area (Å²) in [7, 11) is -4.38. The van der Waals surface area contributed by atoms with Gasteiger partial charge in [-0.3, -0.25) is 0 Å². The molecule has 4 N–H and O–H groups in total. The zero-order valence-electron chi connectivity index (χ0n) is 3.04. The number of phosphoric acid groups is 1. The van der Waals surface area contributed by atoms with Gasteiger partial charge in [-0.25, -0.2) is 4.57 Å². The third kappa shape index (κ3) is 10.7. The second kappa shape index (κ2) is 3.37. The molecule has 0 heterocycles. The van der Waals surface area contributed by atoms with Gasteiger partial charge in [0.1, 0.15) is 0 Å². The molecule has 0 saturated carbocycles. The maximum Gasteiger partial charge on any atom is 0.486 e. The van der Waals surface area contributed by atoms with Crippen molar-refractivity contribution >= 4 is 19.7 Å². The monoisotopic (exact) mass is 150 g/mol. The standard InChI is InChI=1S/ClH2O4P.H2O/c1-5-6(2,3)4;/h(H2,2,3,4);1H2. The van der Waals surface area contributed by atoms with E-state index in [-0.39, 0.29) is 5.48 Å². The van der Waals surface area contributed by atoms with E-state index in [1.54, 1.807) is 0 Å². The van der Waals surface area contributed by atoms with Gasteiger partial charge in [-0.2, -0.15) is 4.08 Å². The van der Waals surface area contributed by atoms with Gasteiger partial charge in [0.25, 0.3) is 0 Å². The van der Waals surface area contributed by atoms with Gasteiger partial charge >= 0.3 is 7.82 Å². The van der Waals surface area contributed by atoms with Gasteiger partial charge in [-0.1, -0.05) is 0 Å². The summed E-state index contributed by atoms with van der Waals surface area (Å²) in [5.74, 6) is 0. The summed E-state index contributed by atoms with van der Waals surface area (Å²) in [6.45, 7) is 0. The third-order valence-electron chi connectivity index (χ3n) is 0.0899. The maximum absolute atomic E-state index is 9.34. The SMILES string of the molecule is O.O=P(O)(O)OCl. The molecule has 0 atom stereocenters. The second-order valence-corrected chi connectivity index (χ2v) is 2.09. The van der Waals surface area contributed by atoms with Crippen LogP contribution < -0.4 is 0 Å². The molecule has 46 valence electrons. The van der Waals surface area contributed by atoms with E-state index in [0.717, 1.165) is 0 Å². The molecule has 7 heteroatoms. The first-order valence-electron chi connectivity index (χ1n) is 0.919. The van der Waals surface area contributed by atoms with E-state index in [9.17, 15) is 4.57 Å². The smallest absolute Gasteiger partial charge is 0.412 e. The highest BCUT2D eigenvalue weighted by atomic mass is 35.5. The summed E-state index contributed by atoms with van der Waals surface area (Å²) in [4.78, 5) is 15.2. The summed E-state index contributed by atoms with van der Waals surface area (Å²) in [6, 6.07) is 0.